The van der Waals surface area contributed by atoms with Crippen molar-refractivity contribution < 1.29 is 14.3 Å². The summed E-state index contributed by atoms with van der Waals surface area (Å²) in [5.74, 6) is 0.0167. The van der Waals surface area contributed by atoms with Gasteiger partial charge < -0.3 is 10.5 Å². The Bertz CT molecular complexity index is 937. The number of para-hydroxylation sites is 1. The maximum atomic E-state index is 11.9. The summed E-state index contributed by atoms with van der Waals surface area (Å²) in [7, 11) is 0. The summed E-state index contributed by atoms with van der Waals surface area (Å²) in [6.45, 7) is -0.171. The molecule has 3 N–H and O–H groups in total. The van der Waals surface area contributed by atoms with Gasteiger partial charge in [0.2, 0.25) is 0 Å². The molecule has 1 heterocycles. The molecular weight excluding hydrogens is 384 g/mol. The van der Waals surface area contributed by atoms with E-state index >= 15 is 0 Å². The number of hydrogen-bond acceptors (Lipinski definition) is 7. The van der Waals surface area contributed by atoms with Crippen LogP contribution >= 0.6 is 23.1 Å². The standard InChI is InChI=1S/C18H16N4O3S2/c19-16(23)10-25-13-7-5-12(6-8-13)9-20-22-17(24)11-26-18-21-14-3-1-2-4-15(14)27-18/h1-9H,10-11H2,(H2,19,23)(H,22,24)/b20-9-. The zero-order valence-electron chi connectivity index (χ0n) is 14.1. The number of nitrogens with two attached hydrogens (primary N) is 1. The molecule has 0 saturated heterocycles. The fourth-order valence-electron chi connectivity index (χ4n) is 2.06. The van der Waals surface area contributed by atoms with Crippen LogP contribution in [-0.2, 0) is 9.59 Å². The third-order valence-electron chi connectivity index (χ3n) is 3.27. The molecule has 2 aromatic carbocycles. The van der Waals surface area contributed by atoms with Crippen molar-refractivity contribution in [3.8, 4) is 5.75 Å². The van der Waals surface area contributed by atoms with E-state index in [2.05, 4.69) is 15.5 Å². The van der Waals surface area contributed by atoms with Crippen molar-refractivity contribution in [1.29, 1.82) is 0 Å². The zero-order valence-corrected chi connectivity index (χ0v) is 15.8. The molecule has 27 heavy (non-hydrogen) atoms. The average molecular weight is 400 g/mol. The van der Waals surface area contributed by atoms with E-state index in [1.807, 2.05) is 24.3 Å². The molecule has 0 radical (unpaired) electrons. The molecule has 0 unspecified atom stereocenters. The van der Waals surface area contributed by atoms with Crippen molar-refractivity contribution in [2.45, 2.75) is 4.34 Å². The monoisotopic (exact) mass is 400 g/mol. The Hall–Kier alpha value is -2.91. The van der Waals surface area contributed by atoms with Gasteiger partial charge in [0, 0.05) is 0 Å². The molecule has 0 bridgehead atoms. The van der Waals surface area contributed by atoms with E-state index in [1.165, 1.54) is 18.0 Å². The molecule has 0 atom stereocenters. The number of amides is 2. The molecule has 1 aromatic heterocycles. The van der Waals surface area contributed by atoms with Crippen LogP contribution in [0.2, 0.25) is 0 Å². The molecule has 9 heteroatoms. The van der Waals surface area contributed by atoms with Gasteiger partial charge in [-0.1, -0.05) is 23.9 Å². The van der Waals surface area contributed by atoms with Crippen molar-refractivity contribution in [2.75, 3.05) is 12.4 Å². The van der Waals surface area contributed by atoms with Crippen LogP contribution in [0.4, 0.5) is 0 Å². The van der Waals surface area contributed by atoms with Crippen LogP contribution in [-0.4, -0.2) is 35.4 Å². The number of hydrazone groups is 1. The van der Waals surface area contributed by atoms with Gasteiger partial charge >= 0.3 is 0 Å². The van der Waals surface area contributed by atoms with Crippen molar-refractivity contribution in [1.82, 2.24) is 10.4 Å². The Labute approximate surface area is 163 Å². The molecule has 138 valence electrons. The van der Waals surface area contributed by atoms with Crippen molar-refractivity contribution in [2.24, 2.45) is 10.8 Å². The first-order valence-electron chi connectivity index (χ1n) is 7.91. The first kappa shape index (κ1) is 18.9. The number of thioether (sulfide) groups is 1. The summed E-state index contributed by atoms with van der Waals surface area (Å²) in [6.07, 6.45) is 1.53. The van der Waals surface area contributed by atoms with Gasteiger partial charge in [-0.3, -0.25) is 9.59 Å². The number of carbonyl (C=O) groups excluding carboxylic acids is 2. The SMILES string of the molecule is NC(=O)COc1ccc(/C=N\NC(=O)CSc2nc3ccccc3s2)cc1. The normalized spacial score (nSPS) is 11.0. The number of benzene rings is 2. The third kappa shape index (κ3) is 5.80. The Morgan fingerprint density at radius 2 is 2.00 bits per heavy atom. The molecule has 0 saturated carbocycles. The second kappa shape index (κ2) is 9.15. The molecule has 3 aromatic rings. The van der Waals surface area contributed by atoms with Gasteiger partial charge in [0.15, 0.2) is 10.9 Å². The van der Waals surface area contributed by atoms with Crippen LogP contribution in [0.1, 0.15) is 5.56 Å². The molecular formula is C18H16N4O3S2. The molecule has 0 aliphatic heterocycles. The van der Waals surface area contributed by atoms with Gasteiger partial charge in [-0.2, -0.15) is 5.10 Å². The number of nitrogens with one attached hydrogen (secondary N) is 1. The Morgan fingerprint density at radius 1 is 1.22 bits per heavy atom. The van der Waals surface area contributed by atoms with Gasteiger partial charge in [0.25, 0.3) is 11.8 Å². The van der Waals surface area contributed by atoms with E-state index in [9.17, 15) is 9.59 Å². The quantitative estimate of drug-likeness (QED) is 0.343. The fourth-order valence-corrected chi connectivity index (χ4v) is 3.92. The number of fused-ring (bicyclic) bond motifs is 1. The topological polar surface area (TPSA) is 107 Å². The van der Waals surface area contributed by atoms with E-state index in [-0.39, 0.29) is 18.3 Å². The maximum Gasteiger partial charge on any atom is 0.255 e. The predicted molar refractivity (Wildman–Crippen MR) is 107 cm³/mol. The number of thiazole rings is 1. The molecule has 0 fully saturated rings. The zero-order chi connectivity index (χ0) is 19.1. The highest BCUT2D eigenvalue weighted by Gasteiger charge is 2.07. The predicted octanol–water partition coefficient (Wildman–Crippen LogP) is 2.40. The van der Waals surface area contributed by atoms with Crippen molar-refractivity contribution in [3.63, 3.8) is 0 Å². The second-order valence-corrected chi connectivity index (χ2v) is 7.61. The van der Waals surface area contributed by atoms with Crippen LogP contribution in [0.5, 0.6) is 5.75 Å². The lowest BCUT2D eigenvalue weighted by molar-refractivity contribution is -0.120. The summed E-state index contributed by atoms with van der Waals surface area (Å²) >= 11 is 2.94. The fraction of sp³-hybridized carbons (Fsp3) is 0.111. The number of carbonyl (C=O) groups is 2. The van der Waals surface area contributed by atoms with Crippen LogP contribution in [0, 0.1) is 0 Å². The van der Waals surface area contributed by atoms with Gasteiger partial charge in [-0.25, -0.2) is 10.4 Å². The highest BCUT2D eigenvalue weighted by Crippen LogP contribution is 2.28. The number of rotatable bonds is 8. The Morgan fingerprint density at radius 3 is 2.74 bits per heavy atom. The summed E-state index contributed by atoms with van der Waals surface area (Å²) in [5, 5.41) is 3.93. The summed E-state index contributed by atoms with van der Waals surface area (Å²) in [5.41, 5.74) is 9.21. The maximum absolute atomic E-state index is 11.9. The molecule has 0 spiro atoms. The van der Waals surface area contributed by atoms with E-state index in [1.54, 1.807) is 35.6 Å². The third-order valence-corrected chi connectivity index (χ3v) is 5.44. The van der Waals surface area contributed by atoms with Crippen LogP contribution in [0.25, 0.3) is 10.2 Å². The number of hydrogen-bond donors (Lipinski definition) is 2. The highest BCUT2D eigenvalue weighted by atomic mass is 32.2. The molecule has 0 aliphatic carbocycles. The van der Waals surface area contributed by atoms with E-state index < -0.39 is 5.91 Å². The lowest BCUT2D eigenvalue weighted by Gasteiger charge is -2.03. The van der Waals surface area contributed by atoms with Crippen LogP contribution < -0.4 is 15.9 Å². The number of ether oxygens (including phenoxy) is 1. The summed E-state index contributed by atoms with van der Waals surface area (Å²) < 4.78 is 7.11. The molecule has 7 nitrogen and oxygen atoms in total. The van der Waals surface area contributed by atoms with E-state index in [4.69, 9.17) is 10.5 Å². The van der Waals surface area contributed by atoms with E-state index in [0.29, 0.717) is 5.75 Å². The van der Waals surface area contributed by atoms with Gasteiger partial charge in [-0.15, -0.1) is 11.3 Å². The van der Waals surface area contributed by atoms with Gasteiger partial charge in [0.05, 0.1) is 22.2 Å². The van der Waals surface area contributed by atoms with Crippen molar-refractivity contribution in [3.05, 3.63) is 54.1 Å². The van der Waals surface area contributed by atoms with Crippen molar-refractivity contribution >= 4 is 51.3 Å². The molecule has 2 amide bonds. The van der Waals surface area contributed by atoms with E-state index in [0.717, 1.165) is 20.1 Å². The average Bonchev–Trinajstić information content (AvgIpc) is 3.09. The lowest BCUT2D eigenvalue weighted by atomic mass is 10.2. The lowest BCUT2D eigenvalue weighted by Crippen LogP contribution is -2.20. The largest absolute Gasteiger partial charge is 0.484 e. The molecule has 3 rings (SSSR count). The van der Waals surface area contributed by atoms with Gasteiger partial charge in [-0.05, 0) is 42.0 Å². The number of primary amides is 1. The Kier molecular flexibility index (Phi) is 6.39. The first-order valence-corrected chi connectivity index (χ1v) is 9.72. The number of aromatic nitrogens is 1. The summed E-state index contributed by atoms with van der Waals surface area (Å²) in [4.78, 5) is 27.0. The minimum Gasteiger partial charge on any atom is -0.484 e. The van der Waals surface area contributed by atoms with Crippen LogP contribution in [0.15, 0.2) is 58.0 Å². The number of nitrogens with zero attached hydrogens (tertiary/aromatic N) is 2. The Balaban J connectivity index is 1.44. The van der Waals surface area contributed by atoms with Gasteiger partial charge in [0.1, 0.15) is 5.75 Å². The smallest absolute Gasteiger partial charge is 0.255 e. The second-order valence-electron chi connectivity index (χ2n) is 5.35. The summed E-state index contributed by atoms with van der Waals surface area (Å²) in [6, 6.07) is 14.7. The van der Waals surface area contributed by atoms with Crippen LogP contribution in [0.3, 0.4) is 0 Å². The highest BCUT2D eigenvalue weighted by molar-refractivity contribution is 8.01. The minimum absolute atomic E-state index is 0.171. The molecule has 0 aliphatic rings. The first-order chi connectivity index (χ1) is 13.1. The minimum atomic E-state index is -0.535.